The molecule has 1 N–H and O–H groups in total. The largest absolute Gasteiger partial charge is 0.493 e. The van der Waals surface area contributed by atoms with E-state index in [0.717, 1.165) is 51.7 Å². The van der Waals surface area contributed by atoms with Crippen LogP contribution in [0.2, 0.25) is 0 Å². The van der Waals surface area contributed by atoms with Crippen molar-refractivity contribution in [1.82, 2.24) is 10.4 Å². The first-order chi connectivity index (χ1) is 15.6. The molecule has 1 heterocycles. The Labute approximate surface area is 196 Å². The maximum absolute atomic E-state index is 13.1. The average molecular weight is 463 g/mol. The van der Waals surface area contributed by atoms with Gasteiger partial charge in [-0.2, -0.15) is 5.01 Å². The van der Waals surface area contributed by atoms with Gasteiger partial charge in [-0.15, -0.1) is 0 Å². The summed E-state index contributed by atoms with van der Waals surface area (Å²) in [6.07, 6.45) is 3.78. The number of carbonyl (C=O) groups is 2. The van der Waals surface area contributed by atoms with E-state index < -0.39 is 5.91 Å². The van der Waals surface area contributed by atoms with E-state index in [4.69, 9.17) is 17.0 Å². The second-order valence-electron chi connectivity index (χ2n) is 7.22. The Morgan fingerprint density at radius 1 is 1.09 bits per heavy atom. The molecule has 3 aromatic rings. The highest BCUT2D eigenvalue weighted by Gasteiger charge is 2.34. The SMILES string of the molecule is CCCCOc1ccc2ccccc2c1C=C1SC(=S)N(NC(=O)c2ccccc2)C1=O. The lowest BCUT2D eigenvalue weighted by Crippen LogP contribution is -2.44. The summed E-state index contributed by atoms with van der Waals surface area (Å²) in [5.74, 6) is -0.0376. The summed E-state index contributed by atoms with van der Waals surface area (Å²) in [5.41, 5.74) is 3.89. The van der Waals surface area contributed by atoms with Gasteiger partial charge in [-0.05, 0) is 53.7 Å². The first kappa shape index (κ1) is 22.0. The number of amides is 2. The number of nitrogens with zero attached hydrogens (tertiary/aromatic N) is 1. The van der Waals surface area contributed by atoms with Gasteiger partial charge in [0.2, 0.25) is 0 Å². The minimum atomic E-state index is -0.392. The summed E-state index contributed by atoms with van der Waals surface area (Å²) in [4.78, 5) is 26.0. The number of ether oxygens (including phenoxy) is 1. The van der Waals surface area contributed by atoms with Crippen LogP contribution in [0.4, 0.5) is 0 Å². The molecule has 1 aliphatic rings. The monoisotopic (exact) mass is 462 g/mol. The molecule has 3 aromatic carbocycles. The third kappa shape index (κ3) is 4.69. The van der Waals surface area contributed by atoms with E-state index >= 15 is 0 Å². The van der Waals surface area contributed by atoms with Crippen LogP contribution in [0.5, 0.6) is 5.75 Å². The molecule has 1 saturated heterocycles. The first-order valence-electron chi connectivity index (χ1n) is 10.4. The molecule has 0 bridgehead atoms. The van der Waals surface area contributed by atoms with Gasteiger partial charge < -0.3 is 4.74 Å². The second-order valence-corrected chi connectivity index (χ2v) is 8.90. The highest BCUT2D eigenvalue weighted by atomic mass is 32.2. The van der Waals surface area contributed by atoms with Crippen LogP contribution in [0.25, 0.3) is 16.8 Å². The number of thioether (sulfide) groups is 1. The van der Waals surface area contributed by atoms with E-state index in [0.29, 0.717) is 17.1 Å². The highest BCUT2D eigenvalue weighted by molar-refractivity contribution is 8.26. The quantitative estimate of drug-likeness (QED) is 0.283. The van der Waals surface area contributed by atoms with Gasteiger partial charge in [-0.3, -0.25) is 15.0 Å². The number of hydrogen-bond acceptors (Lipinski definition) is 5. The van der Waals surface area contributed by atoms with Crippen molar-refractivity contribution in [3.05, 3.63) is 82.8 Å². The van der Waals surface area contributed by atoms with Crippen LogP contribution in [0.3, 0.4) is 0 Å². The van der Waals surface area contributed by atoms with Crippen molar-refractivity contribution in [1.29, 1.82) is 0 Å². The molecule has 0 aromatic heterocycles. The smallest absolute Gasteiger partial charge is 0.285 e. The number of rotatable bonds is 7. The van der Waals surface area contributed by atoms with Crippen LogP contribution < -0.4 is 10.2 Å². The van der Waals surface area contributed by atoms with Gasteiger partial charge >= 0.3 is 0 Å². The van der Waals surface area contributed by atoms with Gasteiger partial charge in [0.25, 0.3) is 11.8 Å². The van der Waals surface area contributed by atoms with Crippen molar-refractivity contribution >= 4 is 57.0 Å². The van der Waals surface area contributed by atoms with E-state index in [1.807, 2.05) is 42.5 Å². The van der Waals surface area contributed by atoms with Gasteiger partial charge in [0.1, 0.15) is 5.75 Å². The minimum Gasteiger partial charge on any atom is -0.493 e. The molecule has 0 saturated carbocycles. The van der Waals surface area contributed by atoms with Crippen LogP contribution in [0.15, 0.2) is 71.6 Å². The van der Waals surface area contributed by atoms with E-state index in [-0.39, 0.29) is 10.2 Å². The Bertz CT molecular complexity index is 1210. The summed E-state index contributed by atoms with van der Waals surface area (Å²) < 4.78 is 6.30. The number of hydrazine groups is 1. The van der Waals surface area contributed by atoms with Crippen LogP contribution in [0.1, 0.15) is 35.7 Å². The zero-order chi connectivity index (χ0) is 22.5. The molecule has 1 aliphatic heterocycles. The lowest BCUT2D eigenvalue weighted by molar-refractivity contribution is -0.123. The molecule has 5 nitrogen and oxygen atoms in total. The van der Waals surface area contributed by atoms with E-state index in [1.165, 1.54) is 0 Å². The second kappa shape index (κ2) is 9.97. The Balaban J connectivity index is 1.65. The molecule has 0 radical (unpaired) electrons. The van der Waals surface area contributed by atoms with Crippen LogP contribution in [0, 0.1) is 0 Å². The summed E-state index contributed by atoms with van der Waals surface area (Å²) in [6, 6.07) is 20.6. The fourth-order valence-corrected chi connectivity index (χ4v) is 4.49. The average Bonchev–Trinajstić information content (AvgIpc) is 3.08. The van der Waals surface area contributed by atoms with Gasteiger partial charge in [0, 0.05) is 11.1 Å². The molecule has 0 unspecified atom stereocenters. The summed E-state index contributed by atoms with van der Waals surface area (Å²) in [5, 5.41) is 3.17. The van der Waals surface area contributed by atoms with Crippen LogP contribution in [-0.4, -0.2) is 27.8 Å². The number of thiocarbonyl (C=S) groups is 1. The number of carbonyl (C=O) groups excluding carboxylic acids is 2. The molecule has 0 atom stereocenters. The molecule has 4 rings (SSSR count). The van der Waals surface area contributed by atoms with Crippen molar-refractivity contribution in [3.8, 4) is 5.75 Å². The van der Waals surface area contributed by atoms with Crippen LogP contribution >= 0.6 is 24.0 Å². The normalized spacial score (nSPS) is 14.9. The van der Waals surface area contributed by atoms with Gasteiger partial charge in [0.15, 0.2) is 4.32 Å². The summed E-state index contributed by atoms with van der Waals surface area (Å²) in [6.45, 7) is 2.71. The first-order valence-corrected chi connectivity index (χ1v) is 11.6. The fourth-order valence-electron chi connectivity index (χ4n) is 3.33. The van der Waals surface area contributed by atoms with E-state index in [9.17, 15) is 9.59 Å². The van der Waals surface area contributed by atoms with Crippen molar-refractivity contribution in [2.45, 2.75) is 19.8 Å². The molecule has 0 aliphatic carbocycles. The number of benzene rings is 3. The highest BCUT2D eigenvalue weighted by Crippen LogP contribution is 2.36. The molecular weight excluding hydrogens is 440 g/mol. The third-order valence-corrected chi connectivity index (χ3v) is 6.31. The Hall–Kier alpha value is -3.16. The number of hydrogen-bond donors (Lipinski definition) is 1. The Kier molecular flexibility index (Phi) is 6.87. The van der Waals surface area contributed by atoms with Crippen molar-refractivity contribution in [2.24, 2.45) is 0 Å². The Morgan fingerprint density at radius 3 is 2.62 bits per heavy atom. The standard InChI is InChI=1S/C25H22N2O3S2/c1-2-3-15-30-21-14-13-17-9-7-8-12-19(17)20(21)16-22-24(29)27(25(31)32-22)26-23(28)18-10-5-4-6-11-18/h4-14,16H,2-3,15H2,1H3,(H,26,28). The Morgan fingerprint density at radius 2 is 1.84 bits per heavy atom. The summed E-state index contributed by atoms with van der Waals surface area (Å²) >= 11 is 6.53. The maximum atomic E-state index is 13.1. The number of nitrogens with one attached hydrogen (secondary N) is 1. The van der Waals surface area contributed by atoms with E-state index in [2.05, 4.69) is 12.3 Å². The van der Waals surface area contributed by atoms with E-state index in [1.54, 1.807) is 30.3 Å². The summed E-state index contributed by atoms with van der Waals surface area (Å²) in [7, 11) is 0. The predicted molar refractivity (Wildman–Crippen MR) is 133 cm³/mol. The van der Waals surface area contributed by atoms with Gasteiger partial charge in [-0.25, -0.2) is 0 Å². The predicted octanol–water partition coefficient (Wildman–Crippen LogP) is 5.56. The van der Waals surface area contributed by atoms with Gasteiger partial charge in [0.05, 0.1) is 11.5 Å². The molecule has 32 heavy (non-hydrogen) atoms. The lowest BCUT2D eigenvalue weighted by Gasteiger charge is -2.15. The maximum Gasteiger partial charge on any atom is 0.285 e. The zero-order valence-electron chi connectivity index (χ0n) is 17.5. The number of unbranched alkanes of at least 4 members (excludes halogenated alkanes) is 1. The molecule has 7 heteroatoms. The molecule has 2 amide bonds. The van der Waals surface area contributed by atoms with Crippen molar-refractivity contribution in [3.63, 3.8) is 0 Å². The third-order valence-electron chi connectivity index (χ3n) is 5.00. The van der Waals surface area contributed by atoms with Gasteiger partial charge in [-0.1, -0.05) is 73.6 Å². The fraction of sp³-hybridized carbons (Fsp3) is 0.160. The lowest BCUT2D eigenvalue weighted by atomic mass is 10.0. The topological polar surface area (TPSA) is 58.6 Å². The molecular formula is C25H22N2O3S2. The zero-order valence-corrected chi connectivity index (χ0v) is 19.2. The van der Waals surface area contributed by atoms with Crippen molar-refractivity contribution < 1.29 is 14.3 Å². The molecule has 0 spiro atoms. The molecule has 1 fully saturated rings. The van der Waals surface area contributed by atoms with Crippen LogP contribution in [-0.2, 0) is 4.79 Å². The molecule has 162 valence electrons. The minimum absolute atomic E-state index is 0.277. The number of fused-ring (bicyclic) bond motifs is 1. The van der Waals surface area contributed by atoms with Crippen molar-refractivity contribution in [2.75, 3.05) is 6.61 Å².